The lowest BCUT2D eigenvalue weighted by Crippen LogP contribution is -2.17. The first-order valence-corrected chi connectivity index (χ1v) is 10.2. The lowest BCUT2D eigenvalue weighted by molar-refractivity contribution is -0.146. The fourth-order valence-electron chi connectivity index (χ4n) is 3.30. The van der Waals surface area contributed by atoms with E-state index in [0.717, 1.165) is 19.0 Å². The predicted molar refractivity (Wildman–Crippen MR) is 122 cm³/mol. The monoisotopic (exact) mass is 445 g/mol. The summed E-state index contributed by atoms with van der Waals surface area (Å²) in [6, 6.07) is 13.8. The van der Waals surface area contributed by atoms with E-state index < -0.39 is 12.1 Å². The Bertz CT molecular complexity index is 1090. The largest absolute Gasteiger partial charge is 0.395 e. The van der Waals surface area contributed by atoms with Crippen LogP contribution in [0.25, 0.3) is 11.3 Å². The molecule has 1 heterocycles. The molecule has 0 fully saturated rings. The number of aromatic nitrogens is 1. The third-order valence-corrected chi connectivity index (χ3v) is 5.58. The summed E-state index contributed by atoms with van der Waals surface area (Å²) in [5, 5.41) is 3.64. The molecule has 0 aliphatic rings. The average Bonchev–Trinajstić information content (AvgIpc) is 2.74. The van der Waals surface area contributed by atoms with Crippen molar-refractivity contribution in [2.24, 2.45) is 4.99 Å². The van der Waals surface area contributed by atoms with Gasteiger partial charge in [0, 0.05) is 11.3 Å². The van der Waals surface area contributed by atoms with Crippen LogP contribution >= 0.6 is 11.6 Å². The summed E-state index contributed by atoms with van der Waals surface area (Å²) in [5.74, 6) is -1.20. The number of nitrogens with one attached hydrogen (secondary N) is 1. The van der Waals surface area contributed by atoms with Gasteiger partial charge in [-0.3, -0.25) is 0 Å². The lowest BCUT2D eigenvalue weighted by atomic mass is 9.98. The maximum absolute atomic E-state index is 13.0. The quantitative estimate of drug-likeness (QED) is 0.390. The van der Waals surface area contributed by atoms with E-state index in [2.05, 4.69) is 41.9 Å². The Balaban J connectivity index is 1.93. The second kappa shape index (κ2) is 9.10. The van der Waals surface area contributed by atoms with Crippen LogP contribution in [0.2, 0.25) is 5.02 Å². The summed E-state index contributed by atoms with van der Waals surface area (Å²) in [5.41, 5.74) is 5.12. The van der Waals surface area contributed by atoms with Crippen molar-refractivity contribution in [2.45, 2.75) is 39.3 Å². The number of rotatable bonds is 6. The summed E-state index contributed by atoms with van der Waals surface area (Å²) in [6.45, 7) is 8.88. The molecule has 1 aromatic heterocycles. The van der Waals surface area contributed by atoms with Crippen molar-refractivity contribution in [3.63, 3.8) is 0 Å². The molecule has 162 valence electrons. The molecular formula is C24H23ClF3N3. The van der Waals surface area contributed by atoms with Gasteiger partial charge in [0.25, 0.3) is 0 Å². The number of benzene rings is 2. The molecule has 1 unspecified atom stereocenters. The van der Waals surface area contributed by atoms with Gasteiger partial charge in [-0.15, -0.1) is 0 Å². The number of anilines is 2. The highest BCUT2D eigenvalue weighted by Crippen LogP contribution is 2.38. The zero-order valence-electron chi connectivity index (χ0n) is 17.5. The van der Waals surface area contributed by atoms with Crippen LogP contribution in [0.4, 0.5) is 30.4 Å². The molecule has 0 saturated heterocycles. The van der Waals surface area contributed by atoms with E-state index in [4.69, 9.17) is 11.6 Å². The second-order valence-electron chi connectivity index (χ2n) is 7.35. The number of aliphatic imine (C=N–C) groups is 1. The predicted octanol–water partition coefficient (Wildman–Crippen LogP) is 8.01. The molecular weight excluding hydrogens is 423 g/mol. The van der Waals surface area contributed by atoms with E-state index in [1.54, 1.807) is 18.2 Å². The molecule has 3 nitrogen and oxygen atoms in total. The number of nitrogens with zero attached hydrogens (tertiary/aromatic N) is 2. The summed E-state index contributed by atoms with van der Waals surface area (Å²) < 4.78 is 38.9. The van der Waals surface area contributed by atoms with Crippen molar-refractivity contribution in [1.82, 2.24) is 4.98 Å². The van der Waals surface area contributed by atoms with E-state index in [9.17, 15) is 13.2 Å². The first-order chi connectivity index (χ1) is 14.6. The third kappa shape index (κ3) is 5.07. The molecule has 1 atom stereocenters. The fourth-order valence-corrected chi connectivity index (χ4v) is 3.56. The highest BCUT2D eigenvalue weighted by atomic mass is 35.5. The zero-order valence-corrected chi connectivity index (χ0v) is 18.3. The summed E-state index contributed by atoms with van der Waals surface area (Å²) >= 11 is 6.47. The molecule has 0 aliphatic carbocycles. The van der Waals surface area contributed by atoms with Gasteiger partial charge in [0.05, 0.1) is 22.3 Å². The summed E-state index contributed by atoms with van der Waals surface area (Å²) in [7, 11) is 0. The minimum Gasteiger partial charge on any atom is -0.352 e. The number of pyridine rings is 1. The maximum Gasteiger partial charge on any atom is 0.395 e. The summed E-state index contributed by atoms with van der Waals surface area (Å²) in [6.07, 6.45) is -3.38. The Labute approximate surface area is 185 Å². The molecule has 0 amide bonds. The molecule has 0 radical (unpaired) electrons. The minimum absolute atomic E-state index is 0.179. The molecule has 31 heavy (non-hydrogen) atoms. The van der Waals surface area contributed by atoms with Crippen LogP contribution in [-0.4, -0.2) is 17.9 Å². The first-order valence-electron chi connectivity index (χ1n) is 9.85. The normalized spacial score (nSPS) is 12.5. The van der Waals surface area contributed by atoms with Gasteiger partial charge in [-0.25, -0.2) is 9.98 Å². The van der Waals surface area contributed by atoms with Gasteiger partial charge in [-0.05, 0) is 61.9 Å². The van der Waals surface area contributed by atoms with Gasteiger partial charge >= 0.3 is 6.18 Å². The number of hydrogen-bond donors (Lipinski definition) is 1. The number of halogens is 4. The third-order valence-electron chi connectivity index (χ3n) is 5.29. The SMILES string of the molecule is C=Nc1nc(-c2ccc(C(C)C(F)(F)F)cc2)c(Cl)cc1Nc1ccc(C)c(CC)c1. The van der Waals surface area contributed by atoms with Crippen molar-refractivity contribution in [1.29, 1.82) is 0 Å². The Morgan fingerprint density at radius 3 is 2.39 bits per heavy atom. The van der Waals surface area contributed by atoms with Crippen molar-refractivity contribution in [3.05, 3.63) is 70.2 Å². The van der Waals surface area contributed by atoms with Gasteiger partial charge in [0.2, 0.25) is 0 Å². The van der Waals surface area contributed by atoms with Crippen molar-refractivity contribution in [3.8, 4) is 11.3 Å². The summed E-state index contributed by atoms with van der Waals surface area (Å²) in [4.78, 5) is 8.50. The van der Waals surface area contributed by atoms with Crippen LogP contribution < -0.4 is 5.32 Å². The van der Waals surface area contributed by atoms with Crippen LogP contribution in [0.5, 0.6) is 0 Å². The zero-order chi connectivity index (χ0) is 22.8. The van der Waals surface area contributed by atoms with Crippen LogP contribution in [0.15, 0.2) is 53.5 Å². The molecule has 7 heteroatoms. The van der Waals surface area contributed by atoms with E-state index in [0.29, 0.717) is 27.8 Å². The molecule has 0 bridgehead atoms. The smallest absolute Gasteiger partial charge is 0.352 e. The number of alkyl halides is 3. The van der Waals surface area contributed by atoms with Crippen LogP contribution in [-0.2, 0) is 6.42 Å². The Morgan fingerprint density at radius 2 is 1.81 bits per heavy atom. The van der Waals surface area contributed by atoms with Gasteiger partial charge in [-0.1, -0.05) is 48.9 Å². The van der Waals surface area contributed by atoms with E-state index in [1.807, 2.05) is 12.1 Å². The van der Waals surface area contributed by atoms with E-state index >= 15 is 0 Å². The Hall–Kier alpha value is -2.86. The fraction of sp³-hybridized carbons (Fsp3) is 0.250. The van der Waals surface area contributed by atoms with Crippen LogP contribution in [0.3, 0.4) is 0 Å². The molecule has 2 aromatic carbocycles. The molecule has 0 saturated carbocycles. The number of aryl methyl sites for hydroxylation is 2. The standard InChI is InChI=1S/C24H23ClF3N3/c1-5-16-12-19(11-6-14(16)2)30-21-13-20(25)22(31-23(21)29-4)18-9-7-17(8-10-18)15(3)24(26,27)28/h6-13,15,30H,4-5H2,1-3H3. The van der Waals surface area contributed by atoms with E-state index in [-0.39, 0.29) is 5.56 Å². The van der Waals surface area contributed by atoms with Gasteiger partial charge < -0.3 is 5.32 Å². The Morgan fingerprint density at radius 1 is 1.13 bits per heavy atom. The number of hydrogen-bond acceptors (Lipinski definition) is 3. The lowest BCUT2D eigenvalue weighted by Gasteiger charge is -2.16. The van der Waals surface area contributed by atoms with Gasteiger partial charge in [-0.2, -0.15) is 13.2 Å². The average molecular weight is 446 g/mol. The highest BCUT2D eigenvalue weighted by Gasteiger charge is 2.36. The molecule has 1 N–H and O–H groups in total. The van der Waals surface area contributed by atoms with Gasteiger partial charge in [0.15, 0.2) is 5.82 Å². The van der Waals surface area contributed by atoms with E-state index in [1.165, 1.54) is 23.3 Å². The van der Waals surface area contributed by atoms with Crippen LogP contribution in [0, 0.1) is 6.92 Å². The highest BCUT2D eigenvalue weighted by molar-refractivity contribution is 6.33. The minimum atomic E-state index is -4.29. The Kier molecular flexibility index (Phi) is 6.70. The van der Waals surface area contributed by atoms with Crippen molar-refractivity contribution >= 4 is 35.5 Å². The maximum atomic E-state index is 13.0. The molecule has 0 spiro atoms. The molecule has 3 rings (SSSR count). The van der Waals surface area contributed by atoms with Crippen molar-refractivity contribution < 1.29 is 13.2 Å². The first kappa shape index (κ1) is 22.8. The molecule has 0 aliphatic heterocycles. The topological polar surface area (TPSA) is 37.3 Å². The van der Waals surface area contributed by atoms with Gasteiger partial charge in [0.1, 0.15) is 0 Å². The van der Waals surface area contributed by atoms with Crippen molar-refractivity contribution in [2.75, 3.05) is 5.32 Å². The molecule has 3 aromatic rings. The van der Waals surface area contributed by atoms with Crippen LogP contribution in [0.1, 0.15) is 36.5 Å². The second-order valence-corrected chi connectivity index (χ2v) is 7.76.